The number of fused-ring (bicyclic) bond motifs is 1. The van der Waals surface area contributed by atoms with Gasteiger partial charge in [-0.2, -0.15) is 22.5 Å². The van der Waals surface area contributed by atoms with Gasteiger partial charge in [-0.1, -0.05) is 11.6 Å². The van der Waals surface area contributed by atoms with E-state index in [9.17, 15) is 13.2 Å². The molecule has 2 aliphatic heterocycles. The zero-order valence-corrected chi connectivity index (χ0v) is 17.9. The van der Waals surface area contributed by atoms with Crippen LogP contribution in [-0.4, -0.2) is 61.4 Å². The highest BCUT2D eigenvalue weighted by molar-refractivity contribution is 7.09. The first-order chi connectivity index (χ1) is 14.7. The molecule has 0 N–H and O–H groups in total. The summed E-state index contributed by atoms with van der Waals surface area (Å²) in [5.74, 6) is 1.67. The lowest BCUT2D eigenvalue weighted by Crippen LogP contribution is -2.42. The molecule has 31 heavy (non-hydrogen) atoms. The van der Waals surface area contributed by atoms with Crippen LogP contribution in [0.3, 0.4) is 0 Å². The van der Waals surface area contributed by atoms with E-state index >= 15 is 0 Å². The summed E-state index contributed by atoms with van der Waals surface area (Å²) in [7, 11) is 0. The molecule has 2 bridgehead atoms. The van der Waals surface area contributed by atoms with E-state index in [1.807, 2.05) is 6.92 Å². The van der Waals surface area contributed by atoms with Crippen LogP contribution in [0.4, 0.5) is 24.3 Å². The van der Waals surface area contributed by atoms with Crippen molar-refractivity contribution in [2.45, 2.75) is 37.5 Å². The van der Waals surface area contributed by atoms with Crippen molar-refractivity contribution in [2.75, 3.05) is 29.5 Å². The van der Waals surface area contributed by atoms with E-state index in [2.05, 4.69) is 29.2 Å². The van der Waals surface area contributed by atoms with Gasteiger partial charge in [-0.05, 0) is 25.7 Å². The Morgan fingerprint density at radius 3 is 2.94 bits per heavy atom. The summed E-state index contributed by atoms with van der Waals surface area (Å²) in [4.78, 5) is 13.5. The summed E-state index contributed by atoms with van der Waals surface area (Å²) in [6.45, 7) is 2.17. The molecule has 0 radical (unpaired) electrons. The summed E-state index contributed by atoms with van der Waals surface area (Å²) in [6, 6.07) is 1.66. The molecule has 3 aliphatic rings. The summed E-state index contributed by atoms with van der Waals surface area (Å²) >= 11 is 7.47. The maximum atomic E-state index is 12.6. The zero-order chi connectivity index (χ0) is 21.5. The lowest BCUT2D eigenvalue weighted by Gasteiger charge is -2.28. The SMILES string of the molecule is Cc1nsc(N2C[C@@H]3CC[C@]4(C2)[C@H]3N4c2nc3c(OCC(F)(F)F)cc(Cl)cn3n2)n1. The Hall–Kier alpha value is -2.34. The molecule has 0 unspecified atom stereocenters. The average Bonchev–Trinajstić information content (AvgIpc) is 2.98. The lowest BCUT2D eigenvalue weighted by molar-refractivity contribution is -0.153. The van der Waals surface area contributed by atoms with Crippen molar-refractivity contribution in [3.05, 3.63) is 23.1 Å². The standard InChI is InChI=1S/C18H17ClF3N7OS/c1-9-23-16(31-26-9)27-5-10-2-3-17(7-27)13(10)29(17)15-24-14-12(30-8-18(20,21)22)4-11(19)6-28(14)25-15/h4,6,10,13H,2-3,5,7-8H2,1H3/t10-,13-,17-,29?/m0/s1. The van der Waals surface area contributed by atoms with Crippen LogP contribution in [0.15, 0.2) is 12.3 Å². The van der Waals surface area contributed by atoms with Crippen LogP contribution in [-0.2, 0) is 0 Å². The Balaban J connectivity index is 1.31. The minimum atomic E-state index is -4.46. The summed E-state index contributed by atoms with van der Waals surface area (Å²) in [6.07, 6.45) is -0.798. The Labute approximate surface area is 183 Å². The fourth-order valence-corrected chi connectivity index (χ4v) is 6.07. The molecule has 0 amide bonds. The van der Waals surface area contributed by atoms with Crippen molar-refractivity contribution in [3.8, 4) is 5.75 Å². The zero-order valence-electron chi connectivity index (χ0n) is 16.3. The highest BCUT2D eigenvalue weighted by atomic mass is 35.5. The van der Waals surface area contributed by atoms with E-state index in [4.69, 9.17) is 16.3 Å². The molecule has 6 rings (SSSR count). The second-order valence-corrected chi connectivity index (χ2v) is 9.49. The highest BCUT2D eigenvalue weighted by Gasteiger charge is 2.73. The fraction of sp³-hybridized carbons (Fsp3) is 0.556. The molecule has 8 nitrogen and oxygen atoms in total. The van der Waals surface area contributed by atoms with Crippen LogP contribution in [0.5, 0.6) is 5.75 Å². The molecule has 3 fully saturated rings. The first kappa shape index (κ1) is 19.4. The maximum Gasteiger partial charge on any atom is 0.422 e. The van der Waals surface area contributed by atoms with Crippen LogP contribution in [0.1, 0.15) is 18.7 Å². The van der Waals surface area contributed by atoms with Gasteiger partial charge >= 0.3 is 6.18 Å². The molecule has 0 spiro atoms. The van der Waals surface area contributed by atoms with Gasteiger partial charge in [0.25, 0.3) is 0 Å². The molecular weight excluding hydrogens is 455 g/mol. The predicted molar refractivity (Wildman–Crippen MR) is 108 cm³/mol. The third kappa shape index (κ3) is 3.02. The van der Waals surface area contributed by atoms with Crippen molar-refractivity contribution >= 4 is 39.9 Å². The van der Waals surface area contributed by atoms with Gasteiger partial charge in [-0.25, -0.2) is 9.50 Å². The molecular formula is C18H17ClF3N7OS. The first-order valence-corrected chi connectivity index (χ1v) is 11.0. The topological polar surface area (TPSA) is 71.5 Å². The van der Waals surface area contributed by atoms with Crippen molar-refractivity contribution in [1.82, 2.24) is 24.0 Å². The number of aromatic nitrogens is 5. The molecule has 3 atom stereocenters. The number of hydrogen-bond donors (Lipinski definition) is 0. The number of aryl methyl sites for hydroxylation is 1. The molecule has 1 aliphatic carbocycles. The van der Waals surface area contributed by atoms with Gasteiger partial charge in [-0.15, -0.1) is 5.10 Å². The van der Waals surface area contributed by atoms with Gasteiger partial charge < -0.3 is 14.5 Å². The number of nitrogens with zero attached hydrogens (tertiary/aromatic N) is 7. The number of piperidine rings is 2. The molecule has 0 aromatic carbocycles. The molecule has 3 aromatic heterocycles. The van der Waals surface area contributed by atoms with E-state index in [1.165, 1.54) is 28.3 Å². The molecule has 164 valence electrons. The fourth-order valence-electron chi connectivity index (χ4n) is 5.19. The average molecular weight is 472 g/mol. The Kier molecular flexibility index (Phi) is 3.96. The number of hydrogen-bond acceptors (Lipinski definition) is 8. The number of halogens is 4. The molecule has 3 aromatic rings. The van der Waals surface area contributed by atoms with Gasteiger partial charge in [0.05, 0.1) is 16.6 Å². The third-order valence-electron chi connectivity index (χ3n) is 6.30. The highest BCUT2D eigenvalue weighted by Crippen LogP contribution is 2.60. The van der Waals surface area contributed by atoms with Crippen molar-refractivity contribution in [1.29, 1.82) is 0 Å². The second-order valence-electron chi connectivity index (χ2n) is 8.33. The summed E-state index contributed by atoms with van der Waals surface area (Å²) < 4.78 is 48.6. The van der Waals surface area contributed by atoms with Crippen molar-refractivity contribution in [3.63, 3.8) is 0 Å². The van der Waals surface area contributed by atoms with E-state index < -0.39 is 12.8 Å². The van der Waals surface area contributed by atoms with E-state index in [0.717, 1.165) is 36.9 Å². The monoisotopic (exact) mass is 471 g/mol. The predicted octanol–water partition coefficient (Wildman–Crippen LogP) is 3.34. The van der Waals surface area contributed by atoms with Crippen LogP contribution in [0.2, 0.25) is 5.02 Å². The molecule has 13 heteroatoms. The first-order valence-electron chi connectivity index (χ1n) is 9.84. The van der Waals surface area contributed by atoms with Gasteiger partial charge in [-0.3, -0.25) is 0 Å². The Bertz CT molecular complexity index is 1180. The van der Waals surface area contributed by atoms with Crippen molar-refractivity contribution in [2.24, 2.45) is 5.92 Å². The maximum absolute atomic E-state index is 12.6. The summed E-state index contributed by atoms with van der Waals surface area (Å²) in [5.41, 5.74) is 0.140. The van der Waals surface area contributed by atoms with Crippen LogP contribution >= 0.6 is 23.1 Å². The minimum absolute atomic E-state index is 0.0398. The lowest BCUT2D eigenvalue weighted by atomic mass is 9.99. The van der Waals surface area contributed by atoms with Gasteiger partial charge in [0.1, 0.15) is 5.82 Å². The quantitative estimate of drug-likeness (QED) is 0.540. The molecule has 1 saturated carbocycles. The van der Waals surface area contributed by atoms with E-state index in [0.29, 0.717) is 17.9 Å². The van der Waals surface area contributed by atoms with Crippen LogP contribution in [0, 0.1) is 12.8 Å². The van der Waals surface area contributed by atoms with E-state index in [-0.39, 0.29) is 22.0 Å². The minimum Gasteiger partial charge on any atom is -0.480 e. The van der Waals surface area contributed by atoms with Gasteiger partial charge in [0.15, 0.2) is 18.0 Å². The molecule has 2 saturated heterocycles. The number of anilines is 2. The Morgan fingerprint density at radius 1 is 1.35 bits per heavy atom. The smallest absolute Gasteiger partial charge is 0.422 e. The largest absolute Gasteiger partial charge is 0.480 e. The Morgan fingerprint density at radius 2 is 2.19 bits per heavy atom. The number of alkyl halides is 3. The number of ether oxygens (including phenoxy) is 1. The van der Waals surface area contributed by atoms with Gasteiger partial charge in [0, 0.05) is 36.9 Å². The van der Waals surface area contributed by atoms with Crippen molar-refractivity contribution < 1.29 is 17.9 Å². The normalized spacial score (nSPS) is 27.1. The number of rotatable bonds is 4. The summed E-state index contributed by atoms with van der Waals surface area (Å²) in [5, 5.41) is 5.67. The molecule has 5 heterocycles. The van der Waals surface area contributed by atoms with E-state index in [1.54, 1.807) is 0 Å². The van der Waals surface area contributed by atoms with Crippen LogP contribution in [0.25, 0.3) is 5.65 Å². The third-order valence-corrected chi connectivity index (χ3v) is 7.38. The van der Waals surface area contributed by atoms with Gasteiger partial charge in [0.2, 0.25) is 11.1 Å². The second kappa shape index (κ2) is 6.35. The number of pyridine rings is 1. The van der Waals surface area contributed by atoms with Crippen LogP contribution < -0.4 is 14.5 Å².